The first-order chi connectivity index (χ1) is 4.81. The van der Waals surface area contributed by atoms with Crippen LogP contribution in [0.5, 0.6) is 0 Å². The topological polar surface area (TPSA) is 47.6 Å². The van der Waals surface area contributed by atoms with Gasteiger partial charge in [-0.05, 0) is 13.3 Å². The summed E-state index contributed by atoms with van der Waals surface area (Å²) in [5.41, 5.74) is 6.12. The predicted octanol–water partition coefficient (Wildman–Crippen LogP) is 1.14. The van der Waals surface area contributed by atoms with E-state index >= 15 is 0 Å². The molecule has 60 valence electrons. The first kappa shape index (κ1) is 9.43. The summed E-state index contributed by atoms with van der Waals surface area (Å²) in [5, 5.41) is 3.77. The van der Waals surface area contributed by atoms with Crippen LogP contribution in [-0.2, 0) is 4.84 Å². The molecule has 0 fully saturated rings. The van der Waals surface area contributed by atoms with E-state index in [0.29, 0.717) is 13.2 Å². The average Bonchev–Trinajstić information content (AvgIpc) is 1.98. The third-order valence-corrected chi connectivity index (χ3v) is 1.10. The molecule has 0 saturated carbocycles. The molecule has 0 aromatic carbocycles. The van der Waals surface area contributed by atoms with Gasteiger partial charge in [-0.15, -0.1) is 0 Å². The smallest absolute Gasteiger partial charge is 0.117 e. The van der Waals surface area contributed by atoms with Gasteiger partial charge in [0.2, 0.25) is 0 Å². The molecule has 0 saturated heterocycles. The molecule has 10 heavy (non-hydrogen) atoms. The first-order valence-corrected chi connectivity index (χ1v) is 3.66. The van der Waals surface area contributed by atoms with Crippen LogP contribution in [0.1, 0.15) is 26.7 Å². The molecule has 0 aliphatic rings. The summed E-state index contributed by atoms with van der Waals surface area (Å²) in [5.74, 6) is 0. The Morgan fingerprint density at radius 3 is 2.80 bits per heavy atom. The number of oxime groups is 1. The van der Waals surface area contributed by atoms with E-state index in [1.165, 1.54) is 0 Å². The van der Waals surface area contributed by atoms with Crippen LogP contribution in [-0.4, -0.2) is 18.9 Å². The Labute approximate surface area is 62.2 Å². The SMILES string of the molecule is CCCCO/N=C(\C)CN. The molecule has 3 nitrogen and oxygen atoms in total. The van der Waals surface area contributed by atoms with Crippen molar-refractivity contribution in [2.45, 2.75) is 26.7 Å². The van der Waals surface area contributed by atoms with Crippen molar-refractivity contribution >= 4 is 5.71 Å². The van der Waals surface area contributed by atoms with E-state index in [-0.39, 0.29) is 0 Å². The lowest BCUT2D eigenvalue weighted by atomic mass is 10.4. The molecule has 0 radical (unpaired) electrons. The van der Waals surface area contributed by atoms with Crippen molar-refractivity contribution < 1.29 is 4.84 Å². The summed E-state index contributed by atoms with van der Waals surface area (Å²) in [6.07, 6.45) is 2.19. The van der Waals surface area contributed by atoms with Gasteiger partial charge in [-0.25, -0.2) is 0 Å². The summed E-state index contributed by atoms with van der Waals surface area (Å²) in [6.45, 7) is 5.15. The van der Waals surface area contributed by atoms with E-state index in [9.17, 15) is 0 Å². The van der Waals surface area contributed by atoms with Crippen molar-refractivity contribution in [2.24, 2.45) is 10.9 Å². The molecule has 2 N–H and O–H groups in total. The van der Waals surface area contributed by atoms with Crippen LogP contribution >= 0.6 is 0 Å². The molecule has 0 aliphatic heterocycles. The van der Waals surface area contributed by atoms with Gasteiger partial charge in [0, 0.05) is 6.54 Å². The molecule has 0 rings (SSSR count). The average molecular weight is 144 g/mol. The van der Waals surface area contributed by atoms with Gasteiger partial charge in [-0.3, -0.25) is 0 Å². The number of nitrogens with zero attached hydrogens (tertiary/aromatic N) is 1. The van der Waals surface area contributed by atoms with Crippen molar-refractivity contribution in [1.82, 2.24) is 0 Å². The van der Waals surface area contributed by atoms with E-state index in [2.05, 4.69) is 12.1 Å². The van der Waals surface area contributed by atoms with Crippen LogP contribution in [0, 0.1) is 0 Å². The van der Waals surface area contributed by atoms with Crippen molar-refractivity contribution in [3.8, 4) is 0 Å². The van der Waals surface area contributed by atoms with Crippen LogP contribution < -0.4 is 5.73 Å². The van der Waals surface area contributed by atoms with E-state index in [0.717, 1.165) is 18.6 Å². The van der Waals surface area contributed by atoms with Gasteiger partial charge < -0.3 is 10.6 Å². The zero-order valence-corrected chi connectivity index (χ0v) is 6.76. The molecule has 0 atom stereocenters. The third-order valence-electron chi connectivity index (χ3n) is 1.10. The van der Waals surface area contributed by atoms with Crippen molar-refractivity contribution in [1.29, 1.82) is 0 Å². The summed E-state index contributed by atoms with van der Waals surface area (Å²) in [4.78, 5) is 4.93. The second kappa shape index (κ2) is 6.55. The zero-order chi connectivity index (χ0) is 7.82. The van der Waals surface area contributed by atoms with Gasteiger partial charge >= 0.3 is 0 Å². The number of unbranched alkanes of at least 4 members (excludes halogenated alkanes) is 1. The highest BCUT2D eigenvalue weighted by atomic mass is 16.6. The molecule has 0 amide bonds. The van der Waals surface area contributed by atoms with Crippen molar-refractivity contribution in [3.05, 3.63) is 0 Å². The fraction of sp³-hybridized carbons (Fsp3) is 0.857. The number of rotatable bonds is 5. The fourth-order valence-electron chi connectivity index (χ4n) is 0.402. The quantitative estimate of drug-likeness (QED) is 0.357. The zero-order valence-electron chi connectivity index (χ0n) is 6.76. The highest BCUT2D eigenvalue weighted by Crippen LogP contribution is 1.88. The van der Waals surface area contributed by atoms with E-state index in [1.54, 1.807) is 0 Å². The van der Waals surface area contributed by atoms with Crippen LogP contribution in [0.4, 0.5) is 0 Å². The van der Waals surface area contributed by atoms with Gasteiger partial charge in [-0.1, -0.05) is 18.5 Å². The fourth-order valence-corrected chi connectivity index (χ4v) is 0.402. The van der Waals surface area contributed by atoms with E-state index in [1.807, 2.05) is 6.92 Å². The molecule has 0 bridgehead atoms. The van der Waals surface area contributed by atoms with Gasteiger partial charge in [-0.2, -0.15) is 0 Å². The molecule has 0 aromatic heterocycles. The largest absolute Gasteiger partial charge is 0.396 e. The normalized spacial score (nSPS) is 11.7. The van der Waals surface area contributed by atoms with Crippen molar-refractivity contribution in [2.75, 3.05) is 13.2 Å². The van der Waals surface area contributed by atoms with Gasteiger partial charge in [0.15, 0.2) is 0 Å². The van der Waals surface area contributed by atoms with Gasteiger partial charge in [0.05, 0.1) is 5.71 Å². The summed E-state index contributed by atoms with van der Waals surface area (Å²) in [6, 6.07) is 0. The second-order valence-electron chi connectivity index (χ2n) is 2.22. The third kappa shape index (κ3) is 5.56. The van der Waals surface area contributed by atoms with E-state index < -0.39 is 0 Å². The van der Waals surface area contributed by atoms with Crippen LogP contribution in [0.2, 0.25) is 0 Å². The monoisotopic (exact) mass is 144 g/mol. The molecule has 0 aliphatic carbocycles. The van der Waals surface area contributed by atoms with Crippen molar-refractivity contribution in [3.63, 3.8) is 0 Å². The Hall–Kier alpha value is -0.570. The standard InChI is InChI=1S/C7H16N2O/c1-3-4-5-10-9-7(2)6-8/h3-6,8H2,1-2H3/b9-7+. The molecule has 0 aromatic rings. The van der Waals surface area contributed by atoms with Gasteiger partial charge in [0.1, 0.15) is 6.61 Å². The molecular formula is C7H16N2O. The van der Waals surface area contributed by atoms with E-state index in [4.69, 9.17) is 10.6 Å². The van der Waals surface area contributed by atoms with Crippen LogP contribution in [0.15, 0.2) is 5.16 Å². The Balaban J connectivity index is 3.16. The Bertz CT molecular complexity index is 102. The number of nitrogens with two attached hydrogens (primary N) is 1. The Morgan fingerprint density at radius 2 is 2.30 bits per heavy atom. The highest BCUT2D eigenvalue weighted by Gasteiger charge is 1.85. The van der Waals surface area contributed by atoms with Gasteiger partial charge in [0.25, 0.3) is 0 Å². The number of hydrogen-bond donors (Lipinski definition) is 1. The second-order valence-corrected chi connectivity index (χ2v) is 2.22. The lowest BCUT2D eigenvalue weighted by molar-refractivity contribution is 0.140. The first-order valence-electron chi connectivity index (χ1n) is 3.66. The molecular weight excluding hydrogens is 128 g/mol. The van der Waals surface area contributed by atoms with Crippen LogP contribution in [0.25, 0.3) is 0 Å². The minimum Gasteiger partial charge on any atom is -0.396 e. The summed E-state index contributed by atoms with van der Waals surface area (Å²) < 4.78 is 0. The molecule has 0 spiro atoms. The minimum absolute atomic E-state index is 0.478. The Morgan fingerprint density at radius 1 is 1.60 bits per heavy atom. The maximum atomic E-state index is 5.28. The van der Waals surface area contributed by atoms with Crippen LogP contribution in [0.3, 0.4) is 0 Å². The Kier molecular flexibility index (Phi) is 6.18. The molecule has 0 heterocycles. The summed E-state index contributed by atoms with van der Waals surface area (Å²) in [7, 11) is 0. The molecule has 3 heteroatoms. The molecule has 0 unspecified atom stereocenters. The predicted molar refractivity (Wildman–Crippen MR) is 43.0 cm³/mol. The maximum Gasteiger partial charge on any atom is 0.117 e. The lowest BCUT2D eigenvalue weighted by Gasteiger charge is -1.97. The number of hydrogen-bond acceptors (Lipinski definition) is 3. The minimum atomic E-state index is 0.478. The summed E-state index contributed by atoms with van der Waals surface area (Å²) >= 11 is 0. The maximum absolute atomic E-state index is 5.28. The highest BCUT2D eigenvalue weighted by molar-refractivity contribution is 5.83. The lowest BCUT2D eigenvalue weighted by Crippen LogP contribution is -2.10.